The summed E-state index contributed by atoms with van der Waals surface area (Å²) in [5.41, 5.74) is 6.70. The first-order valence-corrected chi connectivity index (χ1v) is 5.58. The summed E-state index contributed by atoms with van der Waals surface area (Å²) < 4.78 is 31.5. The number of hydrogen-bond donors (Lipinski definition) is 2. The molecule has 19 heavy (non-hydrogen) atoms. The zero-order valence-corrected chi connectivity index (χ0v) is 9.99. The van der Waals surface area contributed by atoms with Gasteiger partial charge in [-0.1, -0.05) is 30.3 Å². The molecule has 0 aliphatic heterocycles. The van der Waals surface area contributed by atoms with Gasteiger partial charge in [0.25, 0.3) is 0 Å². The van der Waals surface area contributed by atoms with Crippen molar-refractivity contribution in [1.82, 2.24) is 0 Å². The standard InChI is InChI=1S/C14H12F2N2O/c15-11-2-1-3-12(13(11)16)19-8-9-4-6-10(7-5-9)14(17)18/h1-7H,8H2,(H3,17,18). The number of halogens is 2. The van der Waals surface area contributed by atoms with Gasteiger partial charge in [-0.15, -0.1) is 0 Å². The molecule has 0 atom stereocenters. The molecule has 0 aliphatic rings. The van der Waals surface area contributed by atoms with Crippen molar-refractivity contribution in [3.05, 3.63) is 65.2 Å². The predicted molar refractivity (Wildman–Crippen MR) is 68.1 cm³/mol. The molecule has 0 radical (unpaired) electrons. The average Bonchev–Trinajstić information content (AvgIpc) is 2.41. The molecule has 0 saturated heterocycles. The van der Waals surface area contributed by atoms with E-state index in [1.807, 2.05) is 0 Å². The summed E-state index contributed by atoms with van der Waals surface area (Å²) in [5.74, 6) is -2.09. The van der Waals surface area contributed by atoms with E-state index in [9.17, 15) is 8.78 Å². The minimum absolute atomic E-state index is 0.0244. The average molecular weight is 262 g/mol. The topological polar surface area (TPSA) is 59.1 Å². The van der Waals surface area contributed by atoms with Crippen molar-refractivity contribution in [3.63, 3.8) is 0 Å². The van der Waals surface area contributed by atoms with Gasteiger partial charge in [-0.2, -0.15) is 4.39 Å². The first-order valence-electron chi connectivity index (χ1n) is 5.58. The van der Waals surface area contributed by atoms with Crippen LogP contribution >= 0.6 is 0 Å². The fraction of sp³-hybridized carbons (Fsp3) is 0.0714. The van der Waals surface area contributed by atoms with Gasteiger partial charge in [0.1, 0.15) is 12.4 Å². The third-order valence-electron chi connectivity index (χ3n) is 2.58. The Morgan fingerprint density at radius 3 is 2.42 bits per heavy atom. The highest BCUT2D eigenvalue weighted by Crippen LogP contribution is 2.20. The van der Waals surface area contributed by atoms with Crippen molar-refractivity contribution < 1.29 is 13.5 Å². The van der Waals surface area contributed by atoms with Crippen LogP contribution in [0.2, 0.25) is 0 Å². The number of ether oxygens (including phenoxy) is 1. The summed E-state index contributed by atoms with van der Waals surface area (Å²) in [7, 11) is 0. The van der Waals surface area contributed by atoms with Crippen LogP contribution in [0.25, 0.3) is 0 Å². The summed E-state index contributed by atoms with van der Waals surface area (Å²) in [6, 6.07) is 10.5. The summed E-state index contributed by atoms with van der Waals surface area (Å²) >= 11 is 0. The van der Waals surface area contributed by atoms with Crippen molar-refractivity contribution in [2.75, 3.05) is 0 Å². The van der Waals surface area contributed by atoms with Gasteiger partial charge >= 0.3 is 0 Å². The first kappa shape index (κ1) is 13.0. The van der Waals surface area contributed by atoms with E-state index < -0.39 is 11.6 Å². The molecule has 3 N–H and O–H groups in total. The lowest BCUT2D eigenvalue weighted by atomic mass is 10.1. The van der Waals surface area contributed by atoms with Crippen molar-refractivity contribution in [1.29, 1.82) is 5.41 Å². The molecule has 0 amide bonds. The van der Waals surface area contributed by atoms with Crippen LogP contribution in [-0.2, 0) is 6.61 Å². The molecule has 2 rings (SSSR count). The number of amidine groups is 1. The van der Waals surface area contributed by atoms with E-state index in [2.05, 4.69) is 0 Å². The summed E-state index contributed by atoms with van der Waals surface area (Å²) in [4.78, 5) is 0. The normalized spacial score (nSPS) is 10.2. The number of rotatable bonds is 4. The predicted octanol–water partition coefficient (Wildman–Crippen LogP) is 2.83. The van der Waals surface area contributed by atoms with Crippen molar-refractivity contribution >= 4 is 5.84 Å². The molecular formula is C14H12F2N2O. The maximum atomic E-state index is 13.3. The highest BCUT2D eigenvalue weighted by molar-refractivity contribution is 5.94. The van der Waals surface area contributed by atoms with Gasteiger partial charge < -0.3 is 10.5 Å². The van der Waals surface area contributed by atoms with E-state index in [0.717, 1.165) is 11.6 Å². The van der Waals surface area contributed by atoms with Crippen LogP contribution in [0, 0.1) is 17.0 Å². The second kappa shape index (κ2) is 5.48. The maximum Gasteiger partial charge on any atom is 0.200 e. The molecule has 0 saturated carbocycles. The monoisotopic (exact) mass is 262 g/mol. The van der Waals surface area contributed by atoms with Crippen LogP contribution in [-0.4, -0.2) is 5.84 Å². The summed E-state index contributed by atoms with van der Waals surface area (Å²) in [5, 5.41) is 7.25. The molecule has 0 heterocycles. The number of nitrogen functional groups attached to an aromatic ring is 1. The van der Waals surface area contributed by atoms with Crippen molar-refractivity contribution in [2.45, 2.75) is 6.61 Å². The lowest BCUT2D eigenvalue weighted by Crippen LogP contribution is -2.10. The van der Waals surface area contributed by atoms with Gasteiger partial charge in [0.2, 0.25) is 5.82 Å². The van der Waals surface area contributed by atoms with E-state index in [1.54, 1.807) is 24.3 Å². The molecule has 98 valence electrons. The van der Waals surface area contributed by atoms with Crippen LogP contribution in [0.15, 0.2) is 42.5 Å². The Bertz CT molecular complexity index is 597. The van der Waals surface area contributed by atoms with E-state index >= 15 is 0 Å². The minimum Gasteiger partial charge on any atom is -0.486 e. The van der Waals surface area contributed by atoms with Gasteiger partial charge in [0.15, 0.2) is 11.6 Å². The lowest BCUT2D eigenvalue weighted by molar-refractivity contribution is 0.284. The molecule has 5 heteroatoms. The Morgan fingerprint density at radius 2 is 1.79 bits per heavy atom. The molecule has 0 aromatic heterocycles. The fourth-order valence-electron chi connectivity index (χ4n) is 1.54. The quantitative estimate of drug-likeness (QED) is 0.657. The van der Waals surface area contributed by atoms with Gasteiger partial charge in [0, 0.05) is 5.56 Å². The van der Waals surface area contributed by atoms with E-state index in [0.29, 0.717) is 5.56 Å². The minimum atomic E-state index is -0.997. The van der Waals surface area contributed by atoms with Crippen LogP contribution in [0.5, 0.6) is 5.75 Å². The highest BCUT2D eigenvalue weighted by atomic mass is 19.2. The van der Waals surface area contributed by atoms with Crippen LogP contribution in [0.3, 0.4) is 0 Å². The molecule has 0 fully saturated rings. The largest absolute Gasteiger partial charge is 0.486 e. The molecule has 3 nitrogen and oxygen atoms in total. The van der Waals surface area contributed by atoms with E-state index in [1.165, 1.54) is 12.1 Å². The zero-order valence-electron chi connectivity index (χ0n) is 9.99. The number of nitrogens with one attached hydrogen (secondary N) is 1. The van der Waals surface area contributed by atoms with Crippen molar-refractivity contribution in [3.8, 4) is 5.75 Å². The molecular weight excluding hydrogens is 250 g/mol. The molecule has 0 unspecified atom stereocenters. The molecule has 0 bridgehead atoms. The Labute approximate surface area is 109 Å². The Kier molecular flexibility index (Phi) is 3.75. The number of benzene rings is 2. The van der Waals surface area contributed by atoms with Gasteiger partial charge in [0.05, 0.1) is 0 Å². The second-order valence-corrected chi connectivity index (χ2v) is 3.95. The van der Waals surface area contributed by atoms with Gasteiger partial charge in [-0.25, -0.2) is 4.39 Å². The second-order valence-electron chi connectivity index (χ2n) is 3.95. The van der Waals surface area contributed by atoms with E-state index in [4.69, 9.17) is 15.9 Å². The van der Waals surface area contributed by atoms with Gasteiger partial charge in [-0.3, -0.25) is 5.41 Å². The Hall–Kier alpha value is -2.43. The number of hydrogen-bond acceptors (Lipinski definition) is 2. The van der Waals surface area contributed by atoms with Gasteiger partial charge in [-0.05, 0) is 17.7 Å². The van der Waals surface area contributed by atoms with Crippen LogP contribution < -0.4 is 10.5 Å². The molecule has 2 aromatic rings. The maximum absolute atomic E-state index is 13.3. The lowest BCUT2D eigenvalue weighted by Gasteiger charge is -2.08. The Balaban J connectivity index is 2.06. The molecule has 0 aliphatic carbocycles. The zero-order chi connectivity index (χ0) is 13.8. The SMILES string of the molecule is N=C(N)c1ccc(COc2cccc(F)c2F)cc1. The fourth-order valence-corrected chi connectivity index (χ4v) is 1.54. The van der Waals surface area contributed by atoms with Crippen molar-refractivity contribution in [2.24, 2.45) is 5.73 Å². The Morgan fingerprint density at radius 1 is 1.11 bits per heavy atom. The smallest absolute Gasteiger partial charge is 0.200 e. The molecule has 0 spiro atoms. The highest BCUT2D eigenvalue weighted by Gasteiger charge is 2.08. The van der Waals surface area contributed by atoms with Crippen LogP contribution in [0.1, 0.15) is 11.1 Å². The summed E-state index contributed by atoms with van der Waals surface area (Å²) in [6.45, 7) is 0.110. The third kappa shape index (κ3) is 3.07. The molecule has 2 aromatic carbocycles. The van der Waals surface area contributed by atoms with E-state index in [-0.39, 0.29) is 18.2 Å². The van der Waals surface area contributed by atoms with Crippen LogP contribution in [0.4, 0.5) is 8.78 Å². The third-order valence-corrected chi connectivity index (χ3v) is 2.58. The first-order chi connectivity index (χ1) is 9.08. The number of nitrogens with two attached hydrogens (primary N) is 1. The summed E-state index contributed by atoms with van der Waals surface area (Å²) in [6.07, 6.45) is 0.